The molecular weight excluding hydrogens is 456 g/mol. The van der Waals surface area contributed by atoms with Crippen LogP contribution in [-0.2, 0) is 5.75 Å². The maximum atomic E-state index is 4.87. The highest BCUT2D eigenvalue weighted by Crippen LogP contribution is 2.27. The molecule has 0 aliphatic heterocycles. The molecule has 5 aromatic rings. The van der Waals surface area contributed by atoms with Crippen molar-refractivity contribution < 1.29 is 0 Å². The van der Waals surface area contributed by atoms with Gasteiger partial charge in [-0.2, -0.15) is 0 Å². The van der Waals surface area contributed by atoms with E-state index in [1.54, 1.807) is 11.8 Å². The number of fused-ring (bicyclic) bond motifs is 2. The zero-order chi connectivity index (χ0) is 20.3. The quantitative estimate of drug-likeness (QED) is 0.288. The van der Waals surface area contributed by atoms with Gasteiger partial charge in [0.2, 0.25) is 0 Å². The van der Waals surface area contributed by atoms with Crippen molar-refractivity contribution in [1.82, 2.24) is 19.9 Å². The van der Waals surface area contributed by atoms with Crippen LogP contribution >= 0.6 is 27.7 Å². The van der Waals surface area contributed by atoms with Gasteiger partial charge >= 0.3 is 0 Å². The van der Waals surface area contributed by atoms with E-state index in [0.29, 0.717) is 5.75 Å². The maximum absolute atomic E-state index is 4.87. The van der Waals surface area contributed by atoms with Gasteiger partial charge in [0.25, 0.3) is 0 Å². The van der Waals surface area contributed by atoms with Gasteiger partial charge < -0.3 is 4.98 Å². The standard InChI is InChI=1S/C24H17BrN4S/c25-17-7-5-6-16(14-17)12-13-22-24(29-21-11-4-1-8-18(21)26-22)30-15-23-27-19-9-2-3-10-20(19)28-23/h1-14H,15H2,(H,27,28)/b13-12+. The molecule has 0 fully saturated rings. The number of thioether (sulfide) groups is 1. The molecule has 6 heteroatoms. The van der Waals surface area contributed by atoms with Gasteiger partial charge in [0, 0.05) is 4.47 Å². The highest BCUT2D eigenvalue weighted by atomic mass is 79.9. The number of aromatic amines is 1. The van der Waals surface area contributed by atoms with E-state index in [4.69, 9.17) is 9.97 Å². The monoisotopic (exact) mass is 472 g/mol. The molecule has 146 valence electrons. The molecule has 0 radical (unpaired) electrons. The van der Waals surface area contributed by atoms with E-state index in [9.17, 15) is 0 Å². The van der Waals surface area contributed by atoms with E-state index < -0.39 is 0 Å². The van der Waals surface area contributed by atoms with Crippen LogP contribution in [0.2, 0.25) is 0 Å². The van der Waals surface area contributed by atoms with Crippen LogP contribution in [-0.4, -0.2) is 19.9 Å². The third-order valence-electron chi connectivity index (χ3n) is 4.63. The van der Waals surface area contributed by atoms with Gasteiger partial charge in [-0.3, -0.25) is 0 Å². The van der Waals surface area contributed by atoms with Crippen molar-refractivity contribution in [2.75, 3.05) is 0 Å². The van der Waals surface area contributed by atoms with Crippen molar-refractivity contribution in [3.63, 3.8) is 0 Å². The fourth-order valence-corrected chi connectivity index (χ4v) is 4.46. The summed E-state index contributed by atoms with van der Waals surface area (Å²) in [6.07, 6.45) is 4.09. The van der Waals surface area contributed by atoms with Gasteiger partial charge in [0.1, 0.15) is 10.9 Å². The Morgan fingerprint density at radius 3 is 2.37 bits per heavy atom. The van der Waals surface area contributed by atoms with E-state index in [2.05, 4.69) is 44.1 Å². The van der Waals surface area contributed by atoms with Crippen LogP contribution in [0.5, 0.6) is 0 Å². The van der Waals surface area contributed by atoms with Crippen LogP contribution in [0.15, 0.2) is 82.3 Å². The SMILES string of the molecule is Brc1cccc(/C=C/c2nc3ccccc3nc2SCc2nc3ccccc3[nH]2)c1. The summed E-state index contributed by atoms with van der Waals surface area (Å²) in [6.45, 7) is 0. The lowest BCUT2D eigenvalue weighted by atomic mass is 10.2. The lowest BCUT2D eigenvalue weighted by Crippen LogP contribution is -1.94. The average molecular weight is 473 g/mol. The smallest absolute Gasteiger partial charge is 0.123 e. The summed E-state index contributed by atoms with van der Waals surface area (Å²) in [6, 6.07) is 24.2. The highest BCUT2D eigenvalue weighted by Gasteiger charge is 2.10. The molecule has 4 nitrogen and oxygen atoms in total. The predicted octanol–water partition coefficient (Wildman–Crippen LogP) is 6.73. The summed E-state index contributed by atoms with van der Waals surface area (Å²) >= 11 is 5.16. The minimum absolute atomic E-state index is 0.694. The van der Waals surface area contributed by atoms with Gasteiger partial charge in [-0.15, -0.1) is 0 Å². The van der Waals surface area contributed by atoms with Crippen LogP contribution in [0.1, 0.15) is 17.1 Å². The Kier molecular flexibility index (Phi) is 5.34. The molecule has 0 aliphatic carbocycles. The van der Waals surface area contributed by atoms with Crippen LogP contribution < -0.4 is 0 Å². The second-order valence-electron chi connectivity index (χ2n) is 6.78. The first-order valence-electron chi connectivity index (χ1n) is 9.51. The number of nitrogens with zero attached hydrogens (tertiary/aromatic N) is 3. The van der Waals surface area contributed by atoms with Crippen LogP contribution in [0.3, 0.4) is 0 Å². The fourth-order valence-electron chi connectivity index (χ4n) is 3.21. The molecule has 0 spiro atoms. The van der Waals surface area contributed by atoms with Crippen molar-refractivity contribution in [2.45, 2.75) is 10.8 Å². The lowest BCUT2D eigenvalue weighted by Gasteiger charge is -2.06. The maximum Gasteiger partial charge on any atom is 0.123 e. The van der Waals surface area contributed by atoms with E-state index in [-0.39, 0.29) is 0 Å². The molecule has 0 bridgehead atoms. The summed E-state index contributed by atoms with van der Waals surface area (Å²) in [5.41, 5.74) is 5.77. The first-order valence-corrected chi connectivity index (χ1v) is 11.3. The second-order valence-corrected chi connectivity index (χ2v) is 8.66. The Bertz CT molecular complexity index is 1340. The first kappa shape index (κ1) is 19.0. The molecule has 0 saturated heterocycles. The number of para-hydroxylation sites is 4. The molecular formula is C24H17BrN4S. The number of nitrogens with one attached hydrogen (secondary N) is 1. The van der Waals surface area contributed by atoms with Gasteiger partial charge in [-0.05, 0) is 48.0 Å². The molecule has 0 saturated carbocycles. The molecule has 0 unspecified atom stereocenters. The summed E-state index contributed by atoms with van der Waals surface area (Å²) in [5.74, 6) is 1.62. The first-order chi connectivity index (χ1) is 14.7. The number of hydrogen-bond acceptors (Lipinski definition) is 4. The van der Waals surface area contributed by atoms with Gasteiger partial charge in [0.15, 0.2) is 0 Å². The van der Waals surface area contributed by atoms with Gasteiger partial charge in [-0.1, -0.05) is 70.2 Å². The summed E-state index contributed by atoms with van der Waals surface area (Å²) in [4.78, 5) is 17.8. The number of benzene rings is 3. The van der Waals surface area contributed by atoms with Crippen molar-refractivity contribution in [3.05, 3.63) is 94.4 Å². The minimum atomic E-state index is 0.694. The topological polar surface area (TPSA) is 54.5 Å². The predicted molar refractivity (Wildman–Crippen MR) is 128 cm³/mol. The zero-order valence-electron chi connectivity index (χ0n) is 15.9. The Morgan fingerprint density at radius 1 is 0.800 bits per heavy atom. The molecule has 0 amide bonds. The van der Waals surface area contributed by atoms with Gasteiger partial charge in [-0.25, -0.2) is 15.0 Å². The molecule has 5 rings (SSSR count). The number of imidazole rings is 1. The molecule has 0 aliphatic rings. The molecule has 1 N–H and O–H groups in total. The number of halogens is 1. The Hall–Kier alpha value is -2.96. The van der Waals surface area contributed by atoms with Crippen molar-refractivity contribution >= 4 is 61.9 Å². The Morgan fingerprint density at radius 2 is 1.57 bits per heavy atom. The van der Waals surface area contributed by atoms with E-state index in [1.165, 1.54) is 0 Å². The fraction of sp³-hybridized carbons (Fsp3) is 0.0417. The van der Waals surface area contributed by atoms with Crippen LogP contribution in [0.25, 0.3) is 34.2 Å². The minimum Gasteiger partial charge on any atom is -0.341 e. The number of H-pyrrole nitrogens is 1. The third kappa shape index (κ3) is 4.15. The van der Waals surface area contributed by atoms with E-state index in [1.807, 2.05) is 66.7 Å². The third-order valence-corrected chi connectivity index (χ3v) is 6.11. The second kappa shape index (κ2) is 8.42. The van der Waals surface area contributed by atoms with E-state index in [0.717, 1.165) is 48.6 Å². The Labute approximate surface area is 186 Å². The number of aromatic nitrogens is 4. The van der Waals surface area contributed by atoms with Gasteiger partial charge in [0.05, 0.1) is 33.5 Å². The van der Waals surface area contributed by atoms with E-state index >= 15 is 0 Å². The molecule has 0 atom stereocenters. The van der Waals surface area contributed by atoms with Crippen LogP contribution in [0, 0.1) is 0 Å². The summed E-state index contributed by atoms with van der Waals surface area (Å²) in [7, 11) is 0. The molecule has 3 aromatic carbocycles. The van der Waals surface area contributed by atoms with Crippen molar-refractivity contribution in [1.29, 1.82) is 0 Å². The normalized spacial score (nSPS) is 11.6. The number of hydrogen-bond donors (Lipinski definition) is 1. The Balaban J connectivity index is 1.48. The van der Waals surface area contributed by atoms with Crippen LogP contribution in [0.4, 0.5) is 0 Å². The lowest BCUT2D eigenvalue weighted by molar-refractivity contribution is 1.08. The largest absolute Gasteiger partial charge is 0.341 e. The molecule has 2 aromatic heterocycles. The highest BCUT2D eigenvalue weighted by molar-refractivity contribution is 9.10. The number of rotatable bonds is 5. The van der Waals surface area contributed by atoms with Crippen molar-refractivity contribution in [2.24, 2.45) is 0 Å². The average Bonchev–Trinajstić information content (AvgIpc) is 3.19. The molecule has 30 heavy (non-hydrogen) atoms. The summed E-state index contributed by atoms with van der Waals surface area (Å²) < 4.78 is 1.05. The molecule has 2 heterocycles. The zero-order valence-corrected chi connectivity index (χ0v) is 18.3. The van der Waals surface area contributed by atoms with Crippen molar-refractivity contribution in [3.8, 4) is 0 Å². The summed E-state index contributed by atoms with van der Waals surface area (Å²) in [5, 5.41) is 0.889.